The SMILES string of the molecule is CC(C)C(N)C1CN2CCCN1CC2. The number of nitrogens with zero attached hydrogens (tertiary/aromatic N) is 2. The summed E-state index contributed by atoms with van der Waals surface area (Å²) in [6, 6.07) is 0.946. The fourth-order valence-corrected chi connectivity index (χ4v) is 2.69. The Hall–Kier alpha value is -0.120. The van der Waals surface area contributed by atoms with Crippen LogP contribution < -0.4 is 5.73 Å². The molecule has 3 aliphatic rings. The van der Waals surface area contributed by atoms with Crippen LogP contribution in [0, 0.1) is 5.92 Å². The molecule has 3 heterocycles. The van der Waals surface area contributed by atoms with Gasteiger partial charge in [-0.25, -0.2) is 0 Å². The lowest BCUT2D eigenvalue weighted by Crippen LogP contribution is -2.58. The number of fused-ring (bicyclic) bond motifs is 4. The minimum Gasteiger partial charge on any atom is -0.326 e. The second-order valence-electron chi connectivity index (χ2n) is 5.08. The molecule has 0 aromatic carbocycles. The van der Waals surface area contributed by atoms with E-state index in [0.29, 0.717) is 18.0 Å². The maximum Gasteiger partial charge on any atom is 0.0377 e. The molecule has 0 aromatic heterocycles. The summed E-state index contributed by atoms with van der Waals surface area (Å²) in [6.45, 7) is 10.7. The van der Waals surface area contributed by atoms with E-state index in [1.807, 2.05) is 0 Å². The molecule has 14 heavy (non-hydrogen) atoms. The van der Waals surface area contributed by atoms with E-state index in [1.165, 1.54) is 39.1 Å². The Morgan fingerprint density at radius 1 is 1.14 bits per heavy atom. The predicted molar refractivity (Wildman–Crippen MR) is 59.2 cm³/mol. The molecule has 82 valence electrons. The van der Waals surface area contributed by atoms with Gasteiger partial charge in [-0.3, -0.25) is 4.90 Å². The quantitative estimate of drug-likeness (QED) is 0.694. The monoisotopic (exact) mass is 197 g/mol. The van der Waals surface area contributed by atoms with Crippen LogP contribution in [0.4, 0.5) is 0 Å². The van der Waals surface area contributed by atoms with Crippen molar-refractivity contribution in [3.8, 4) is 0 Å². The molecule has 0 saturated carbocycles. The Kier molecular flexibility index (Phi) is 3.10. The Balaban J connectivity index is 2.05. The fraction of sp³-hybridized carbons (Fsp3) is 1.00. The molecule has 4 unspecified atom stereocenters. The van der Waals surface area contributed by atoms with E-state index in [1.54, 1.807) is 0 Å². The van der Waals surface area contributed by atoms with Crippen LogP contribution in [-0.4, -0.2) is 54.6 Å². The third kappa shape index (κ3) is 1.95. The van der Waals surface area contributed by atoms with Crippen LogP contribution in [0.25, 0.3) is 0 Å². The Morgan fingerprint density at radius 2 is 1.93 bits per heavy atom. The van der Waals surface area contributed by atoms with Gasteiger partial charge in [0.2, 0.25) is 0 Å². The first kappa shape index (κ1) is 10.4. The van der Waals surface area contributed by atoms with E-state index in [-0.39, 0.29) is 0 Å². The zero-order valence-corrected chi connectivity index (χ0v) is 9.45. The Labute approximate surface area is 87.2 Å². The van der Waals surface area contributed by atoms with Gasteiger partial charge in [0.1, 0.15) is 0 Å². The number of hydrogen-bond acceptors (Lipinski definition) is 3. The van der Waals surface area contributed by atoms with Crippen LogP contribution in [0.15, 0.2) is 0 Å². The summed E-state index contributed by atoms with van der Waals surface area (Å²) in [7, 11) is 0. The molecule has 0 radical (unpaired) electrons. The van der Waals surface area contributed by atoms with E-state index < -0.39 is 0 Å². The average Bonchev–Trinajstić information content (AvgIpc) is 2.50. The molecule has 3 rings (SSSR count). The van der Waals surface area contributed by atoms with Gasteiger partial charge in [0.05, 0.1) is 0 Å². The van der Waals surface area contributed by atoms with Crippen molar-refractivity contribution in [3.05, 3.63) is 0 Å². The summed E-state index contributed by atoms with van der Waals surface area (Å²) in [5.41, 5.74) is 6.28. The lowest BCUT2D eigenvalue weighted by Gasteiger charge is -2.41. The van der Waals surface area contributed by atoms with Gasteiger partial charge in [-0.1, -0.05) is 13.8 Å². The highest BCUT2D eigenvalue weighted by molar-refractivity contribution is 4.92. The molecule has 2 bridgehead atoms. The van der Waals surface area contributed by atoms with Gasteiger partial charge in [0.15, 0.2) is 0 Å². The van der Waals surface area contributed by atoms with E-state index in [9.17, 15) is 0 Å². The van der Waals surface area contributed by atoms with Gasteiger partial charge in [-0.15, -0.1) is 0 Å². The number of hydrogen-bond donors (Lipinski definition) is 1. The predicted octanol–water partition coefficient (Wildman–Crippen LogP) is 0.360. The summed E-state index contributed by atoms with van der Waals surface area (Å²) >= 11 is 0. The number of piperazine rings is 1. The largest absolute Gasteiger partial charge is 0.326 e. The Morgan fingerprint density at radius 3 is 2.64 bits per heavy atom. The molecule has 0 spiro atoms. The zero-order chi connectivity index (χ0) is 10.1. The van der Waals surface area contributed by atoms with Crippen molar-refractivity contribution in [1.29, 1.82) is 0 Å². The van der Waals surface area contributed by atoms with E-state index >= 15 is 0 Å². The molecule has 0 aliphatic carbocycles. The van der Waals surface area contributed by atoms with Gasteiger partial charge < -0.3 is 10.6 Å². The molecule has 3 nitrogen and oxygen atoms in total. The minimum atomic E-state index is 0.343. The molecule has 0 aromatic rings. The molecule has 0 amide bonds. The van der Waals surface area contributed by atoms with Crippen LogP contribution in [0.2, 0.25) is 0 Å². The summed E-state index contributed by atoms with van der Waals surface area (Å²) in [6.07, 6.45) is 1.32. The zero-order valence-electron chi connectivity index (χ0n) is 9.45. The smallest absolute Gasteiger partial charge is 0.0377 e. The van der Waals surface area contributed by atoms with Crippen LogP contribution in [0.5, 0.6) is 0 Å². The number of rotatable bonds is 2. The Bertz CT molecular complexity index is 189. The number of nitrogens with two attached hydrogens (primary N) is 1. The van der Waals surface area contributed by atoms with E-state index in [4.69, 9.17) is 5.73 Å². The van der Waals surface area contributed by atoms with Gasteiger partial charge in [0, 0.05) is 31.7 Å². The molecular formula is C11H23N3. The second kappa shape index (κ2) is 4.17. The molecule has 3 saturated heterocycles. The van der Waals surface area contributed by atoms with Gasteiger partial charge >= 0.3 is 0 Å². The maximum absolute atomic E-state index is 6.28. The summed E-state index contributed by atoms with van der Waals surface area (Å²) < 4.78 is 0. The minimum absolute atomic E-state index is 0.343. The third-order valence-corrected chi connectivity index (χ3v) is 3.75. The maximum atomic E-state index is 6.28. The highest BCUT2D eigenvalue weighted by Crippen LogP contribution is 2.20. The van der Waals surface area contributed by atoms with Crippen molar-refractivity contribution in [2.24, 2.45) is 11.7 Å². The highest BCUT2D eigenvalue weighted by atomic mass is 15.3. The van der Waals surface area contributed by atoms with E-state index in [2.05, 4.69) is 23.6 Å². The van der Waals surface area contributed by atoms with Crippen molar-refractivity contribution >= 4 is 0 Å². The summed E-state index contributed by atoms with van der Waals surface area (Å²) in [4.78, 5) is 5.19. The average molecular weight is 197 g/mol. The van der Waals surface area contributed by atoms with Gasteiger partial charge in [-0.2, -0.15) is 0 Å². The molecule has 3 aliphatic heterocycles. The lowest BCUT2D eigenvalue weighted by atomic mass is 9.95. The van der Waals surface area contributed by atoms with Crippen LogP contribution in [-0.2, 0) is 0 Å². The standard InChI is InChI=1S/C11H23N3/c1-9(2)11(12)10-8-13-4-3-5-14(10)7-6-13/h9-11H,3-8,12H2,1-2H3. The molecular weight excluding hydrogens is 174 g/mol. The summed E-state index contributed by atoms with van der Waals surface area (Å²) in [5, 5.41) is 0. The van der Waals surface area contributed by atoms with Crippen molar-refractivity contribution in [3.63, 3.8) is 0 Å². The third-order valence-electron chi connectivity index (χ3n) is 3.75. The van der Waals surface area contributed by atoms with Gasteiger partial charge in [-0.05, 0) is 25.4 Å². The normalized spacial score (nSPS) is 39.9. The highest BCUT2D eigenvalue weighted by Gasteiger charge is 2.34. The topological polar surface area (TPSA) is 32.5 Å². The molecule has 4 atom stereocenters. The molecule has 3 fully saturated rings. The fourth-order valence-electron chi connectivity index (χ4n) is 2.69. The van der Waals surface area contributed by atoms with Crippen LogP contribution in [0.3, 0.4) is 0 Å². The van der Waals surface area contributed by atoms with Crippen molar-refractivity contribution in [1.82, 2.24) is 9.80 Å². The van der Waals surface area contributed by atoms with Gasteiger partial charge in [0.25, 0.3) is 0 Å². The summed E-state index contributed by atoms with van der Waals surface area (Å²) in [5.74, 6) is 0.598. The first-order valence-electron chi connectivity index (χ1n) is 5.90. The van der Waals surface area contributed by atoms with E-state index in [0.717, 1.165) is 0 Å². The molecule has 2 N–H and O–H groups in total. The van der Waals surface area contributed by atoms with Crippen LogP contribution in [0.1, 0.15) is 20.3 Å². The van der Waals surface area contributed by atoms with Crippen molar-refractivity contribution < 1.29 is 0 Å². The van der Waals surface area contributed by atoms with Crippen molar-refractivity contribution in [2.75, 3.05) is 32.7 Å². The lowest BCUT2D eigenvalue weighted by molar-refractivity contribution is 0.0855. The first-order valence-corrected chi connectivity index (χ1v) is 5.90. The second-order valence-corrected chi connectivity index (χ2v) is 5.08. The van der Waals surface area contributed by atoms with Crippen LogP contribution >= 0.6 is 0 Å². The van der Waals surface area contributed by atoms with Crippen molar-refractivity contribution in [2.45, 2.75) is 32.4 Å². The first-order chi connectivity index (χ1) is 6.68. The molecule has 3 heteroatoms.